The predicted molar refractivity (Wildman–Crippen MR) is 108 cm³/mol. The maximum atomic E-state index is 12.7. The van der Waals surface area contributed by atoms with Crippen LogP contribution in [0.15, 0.2) is 42.5 Å². The molecule has 0 aliphatic carbocycles. The number of aromatic nitrogens is 1. The van der Waals surface area contributed by atoms with E-state index in [-0.39, 0.29) is 23.4 Å². The number of rotatable bonds is 6. The minimum absolute atomic E-state index is 0.0707. The molecule has 1 fully saturated rings. The molecule has 3 amide bonds. The van der Waals surface area contributed by atoms with Gasteiger partial charge in [0.2, 0.25) is 6.41 Å². The molecule has 2 heterocycles. The molecule has 2 aromatic rings. The quantitative estimate of drug-likeness (QED) is 0.755. The Bertz CT molecular complexity index is 875. The van der Waals surface area contributed by atoms with Crippen molar-refractivity contribution in [3.8, 4) is 5.75 Å². The van der Waals surface area contributed by atoms with Crippen molar-refractivity contribution in [3.63, 3.8) is 0 Å². The molecule has 152 valence electrons. The van der Waals surface area contributed by atoms with E-state index in [0.717, 1.165) is 12.2 Å². The molecule has 1 aliphatic rings. The average molecular weight is 396 g/mol. The van der Waals surface area contributed by atoms with Gasteiger partial charge in [0.15, 0.2) is 0 Å². The van der Waals surface area contributed by atoms with Gasteiger partial charge in [-0.1, -0.05) is 6.07 Å². The lowest BCUT2D eigenvalue weighted by Crippen LogP contribution is -2.48. The van der Waals surface area contributed by atoms with Crippen LogP contribution in [0.2, 0.25) is 0 Å². The monoisotopic (exact) mass is 396 g/mol. The van der Waals surface area contributed by atoms with Crippen LogP contribution in [0.5, 0.6) is 5.75 Å². The molecule has 1 saturated heterocycles. The molecule has 0 spiro atoms. The number of anilines is 1. The van der Waals surface area contributed by atoms with Crippen molar-refractivity contribution in [2.45, 2.75) is 20.0 Å². The minimum atomic E-state index is -0.400. The topological polar surface area (TPSA) is 91.8 Å². The van der Waals surface area contributed by atoms with Crippen LogP contribution in [-0.2, 0) is 4.79 Å². The van der Waals surface area contributed by atoms with Crippen molar-refractivity contribution >= 4 is 23.9 Å². The van der Waals surface area contributed by atoms with Crippen molar-refractivity contribution in [1.82, 2.24) is 14.8 Å². The summed E-state index contributed by atoms with van der Waals surface area (Å²) >= 11 is 0. The Morgan fingerprint density at radius 3 is 2.31 bits per heavy atom. The highest BCUT2D eigenvalue weighted by Crippen LogP contribution is 2.17. The van der Waals surface area contributed by atoms with Gasteiger partial charge in [0.25, 0.3) is 11.8 Å². The summed E-state index contributed by atoms with van der Waals surface area (Å²) in [7, 11) is 0. The third-order valence-electron chi connectivity index (χ3n) is 4.44. The van der Waals surface area contributed by atoms with E-state index in [0.29, 0.717) is 31.9 Å². The summed E-state index contributed by atoms with van der Waals surface area (Å²) in [5.74, 6) is 0.0710. The van der Waals surface area contributed by atoms with Crippen LogP contribution < -0.4 is 10.1 Å². The molecule has 0 bridgehead atoms. The van der Waals surface area contributed by atoms with Crippen LogP contribution >= 0.6 is 0 Å². The summed E-state index contributed by atoms with van der Waals surface area (Å²) in [6.45, 7) is 5.76. The fourth-order valence-corrected chi connectivity index (χ4v) is 2.96. The van der Waals surface area contributed by atoms with Crippen LogP contribution in [-0.4, -0.2) is 65.3 Å². The van der Waals surface area contributed by atoms with Crippen LogP contribution in [0, 0.1) is 0 Å². The van der Waals surface area contributed by atoms with E-state index >= 15 is 0 Å². The first kappa shape index (κ1) is 20.3. The summed E-state index contributed by atoms with van der Waals surface area (Å²) in [6, 6.07) is 11.8. The van der Waals surface area contributed by atoms with E-state index in [1.165, 1.54) is 0 Å². The average Bonchev–Trinajstić information content (AvgIpc) is 2.74. The van der Waals surface area contributed by atoms with Gasteiger partial charge in [0, 0.05) is 31.9 Å². The van der Waals surface area contributed by atoms with Crippen LogP contribution in [0.25, 0.3) is 0 Å². The second-order valence-corrected chi connectivity index (χ2v) is 6.99. The van der Waals surface area contributed by atoms with E-state index in [2.05, 4.69) is 10.3 Å². The molecule has 8 heteroatoms. The lowest BCUT2D eigenvalue weighted by atomic mass is 10.2. The van der Waals surface area contributed by atoms with Crippen molar-refractivity contribution in [3.05, 3.63) is 53.9 Å². The molecule has 1 N–H and O–H groups in total. The highest BCUT2D eigenvalue weighted by molar-refractivity contribution is 6.03. The van der Waals surface area contributed by atoms with Gasteiger partial charge in [-0.3, -0.25) is 14.4 Å². The van der Waals surface area contributed by atoms with Gasteiger partial charge >= 0.3 is 0 Å². The number of carbonyl (C=O) groups excluding carboxylic acids is 3. The molecule has 1 aromatic heterocycles. The molecule has 0 atom stereocenters. The van der Waals surface area contributed by atoms with Crippen molar-refractivity contribution in [2.75, 3.05) is 31.5 Å². The number of nitrogens with one attached hydrogen (secondary N) is 1. The van der Waals surface area contributed by atoms with Gasteiger partial charge in [0.1, 0.15) is 17.1 Å². The second kappa shape index (κ2) is 9.18. The molecular formula is C21H24N4O4. The maximum absolute atomic E-state index is 12.7. The summed E-state index contributed by atoms with van der Waals surface area (Å²) < 4.78 is 5.58. The van der Waals surface area contributed by atoms with E-state index in [9.17, 15) is 14.4 Å². The largest absolute Gasteiger partial charge is 0.491 e. The summed E-state index contributed by atoms with van der Waals surface area (Å²) in [6.07, 6.45) is 0.855. The first-order valence-corrected chi connectivity index (χ1v) is 9.50. The Kier molecular flexibility index (Phi) is 6.43. The number of hydrogen-bond donors (Lipinski definition) is 1. The number of carbonyl (C=O) groups is 3. The number of benzene rings is 1. The number of piperazine rings is 1. The van der Waals surface area contributed by atoms with Crippen molar-refractivity contribution < 1.29 is 19.1 Å². The van der Waals surface area contributed by atoms with Gasteiger partial charge in [0.05, 0.1) is 6.10 Å². The predicted octanol–water partition coefficient (Wildman–Crippen LogP) is 2.04. The highest BCUT2D eigenvalue weighted by atomic mass is 16.5. The Hall–Kier alpha value is -3.42. The first-order valence-electron chi connectivity index (χ1n) is 9.50. The second-order valence-electron chi connectivity index (χ2n) is 6.99. The Morgan fingerprint density at radius 1 is 1.03 bits per heavy atom. The lowest BCUT2D eigenvalue weighted by Gasteiger charge is -2.32. The molecule has 3 rings (SSSR count). The molecular weight excluding hydrogens is 372 g/mol. The summed E-state index contributed by atoms with van der Waals surface area (Å²) in [4.78, 5) is 43.5. The number of amides is 3. The smallest absolute Gasteiger partial charge is 0.274 e. The third-order valence-corrected chi connectivity index (χ3v) is 4.44. The van der Waals surface area contributed by atoms with Gasteiger partial charge in [-0.25, -0.2) is 4.98 Å². The van der Waals surface area contributed by atoms with Crippen molar-refractivity contribution in [2.24, 2.45) is 0 Å². The highest BCUT2D eigenvalue weighted by Gasteiger charge is 2.23. The van der Waals surface area contributed by atoms with Gasteiger partial charge in [-0.05, 0) is 50.2 Å². The Labute approximate surface area is 169 Å². The molecule has 0 unspecified atom stereocenters. The zero-order valence-corrected chi connectivity index (χ0v) is 16.5. The zero-order valence-electron chi connectivity index (χ0n) is 16.5. The third kappa shape index (κ3) is 5.31. The molecule has 0 saturated carbocycles. The Morgan fingerprint density at radius 2 is 1.69 bits per heavy atom. The van der Waals surface area contributed by atoms with E-state index in [1.807, 2.05) is 13.8 Å². The number of pyridine rings is 1. The van der Waals surface area contributed by atoms with Gasteiger partial charge in [-0.15, -0.1) is 0 Å². The van der Waals surface area contributed by atoms with Crippen LogP contribution in [0.1, 0.15) is 34.8 Å². The first-order chi connectivity index (χ1) is 14.0. The van der Waals surface area contributed by atoms with E-state index in [1.54, 1.807) is 52.3 Å². The Balaban J connectivity index is 1.64. The van der Waals surface area contributed by atoms with E-state index in [4.69, 9.17) is 4.74 Å². The standard InChI is InChI=1S/C21H24N4O4/c1-15(2)29-17-8-6-16(7-9-17)22-20(27)18-4-3-5-19(23-18)21(28)25-12-10-24(14-26)11-13-25/h3-9,14-15H,10-13H2,1-2H3,(H,22,27). The summed E-state index contributed by atoms with van der Waals surface area (Å²) in [5, 5.41) is 2.77. The number of hydrogen-bond acceptors (Lipinski definition) is 5. The minimum Gasteiger partial charge on any atom is -0.491 e. The lowest BCUT2D eigenvalue weighted by molar-refractivity contribution is -0.119. The molecule has 0 radical (unpaired) electrons. The molecule has 1 aromatic carbocycles. The molecule has 29 heavy (non-hydrogen) atoms. The SMILES string of the molecule is CC(C)Oc1ccc(NC(=O)c2cccc(C(=O)N3CCN(C=O)CC3)n2)cc1. The summed E-state index contributed by atoms with van der Waals surface area (Å²) in [5.41, 5.74) is 0.970. The molecule has 1 aliphatic heterocycles. The maximum Gasteiger partial charge on any atom is 0.274 e. The number of ether oxygens (including phenoxy) is 1. The fourth-order valence-electron chi connectivity index (χ4n) is 2.96. The normalized spacial score (nSPS) is 13.9. The zero-order chi connectivity index (χ0) is 20.8. The fraction of sp³-hybridized carbons (Fsp3) is 0.333. The van der Waals surface area contributed by atoms with Crippen LogP contribution in [0.3, 0.4) is 0 Å². The van der Waals surface area contributed by atoms with Gasteiger partial charge in [-0.2, -0.15) is 0 Å². The number of nitrogens with zero attached hydrogens (tertiary/aromatic N) is 3. The van der Waals surface area contributed by atoms with Crippen molar-refractivity contribution in [1.29, 1.82) is 0 Å². The van der Waals surface area contributed by atoms with E-state index < -0.39 is 5.91 Å². The molecule has 8 nitrogen and oxygen atoms in total. The van der Waals surface area contributed by atoms with Crippen LogP contribution in [0.4, 0.5) is 5.69 Å². The van der Waals surface area contributed by atoms with Gasteiger partial charge < -0.3 is 19.9 Å².